The van der Waals surface area contributed by atoms with E-state index in [0.29, 0.717) is 11.7 Å². The van der Waals surface area contributed by atoms with Crippen molar-refractivity contribution < 1.29 is 14.1 Å². The number of pyridine rings is 1. The van der Waals surface area contributed by atoms with Crippen LogP contribution in [0, 0.1) is 5.92 Å². The molecule has 5 aromatic rings. The van der Waals surface area contributed by atoms with E-state index in [1.807, 2.05) is 74.5 Å². The van der Waals surface area contributed by atoms with Gasteiger partial charge in [-0.05, 0) is 60.5 Å². The molecular weight excluding hydrogens is 468 g/mol. The standard InChI is InChI=1S/C28H26N6O3/c1-18(2)25(28-31-26(33-37-28)20-8-7-15-29-17-20)30-27(35)23-16-24(19-11-13-22(36-3)14-12-19)34(32-23)21-9-5-4-6-10-21/h4-18,25H,1-3H3,(H,30,35). The summed E-state index contributed by atoms with van der Waals surface area (Å²) in [7, 11) is 1.62. The quantitative estimate of drug-likeness (QED) is 0.319. The van der Waals surface area contributed by atoms with Gasteiger partial charge in [-0.15, -0.1) is 0 Å². The Labute approximate surface area is 214 Å². The van der Waals surface area contributed by atoms with Crippen LogP contribution in [0.5, 0.6) is 5.75 Å². The largest absolute Gasteiger partial charge is 0.497 e. The van der Waals surface area contributed by atoms with Gasteiger partial charge in [-0.1, -0.05) is 37.2 Å². The number of hydrogen-bond acceptors (Lipinski definition) is 7. The van der Waals surface area contributed by atoms with Gasteiger partial charge in [-0.2, -0.15) is 10.1 Å². The van der Waals surface area contributed by atoms with Gasteiger partial charge in [-0.3, -0.25) is 9.78 Å². The van der Waals surface area contributed by atoms with Gasteiger partial charge in [0.2, 0.25) is 11.7 Å². The van der Waals surface area contributed by atoms with Gasteiger partial charge in [0.05, 0.1) is 18.5 Å². The number of rotatable bonds is 8. The summed E-state index contributed by atoms with van der Waals surface area (Å²) in [6, 6.07) is 22.2. The molecule has 0 fully saturated rings. The second-order valence-electron chi connectivity index (χ2n) is 8.78. The molecule has 9 nitrogen and oxygen atoms in total. The summed E-state index contributed by atoms with van der Waals surface area (Å²) >= 11 is 0. The molecule has 0 aliphatic heterocycles. The van der Waals surface area contributed by atoms with Crippen LogP contribution in [0.1, 0.15) is 36.3 Å². The number of methoxy groups -OCH3 is 1. The molecule has 1 N–H and O–H groups in total. The van der Waals surface area contributed by atoms with E-state index < -0.39 is 6.04 Å². The van der Waals surface area contributed by atoms with E-state index in [1.54, 1.807) is 36.3 Å². The van der Waals surface area contributed by atoms with Crippen LogP contribution in [-0.2, 0) is 0 Å². The molecule has 0 aliphatic rings. The minimum Gasteiger partial charge on any atom is -0.497 e. The minimum absolute atomic E-state index is 0.0107. The number of ether oxygens (including phenoxy) is 1. The second kappa shape index (κ2) is 10.4. The number of carbonyl (C=O) groups excluding carboxylic acids is 1. The molecule has 0 saturated carbocycles. The number of aromatic nitrogens is 5. The van der Waals surface area contributed by atoms with Crippen molar-refractivity contribution in [3.05, 3.63) is 96.8 Å². The van der Waals surface area contributed by atoms with E-state index >= 15 is 0 Å². The molecular formula is C28H26N6O3. The summed E-state index contributed by atoms with van der Waals surface area (Å²) in [5.74, 6) is 1.13. The van der Waals surface area contributed by atoms with Crippen LogP contribution in [0.2, 0.25) is 0 Å². The van der Waals surface area contributed by atoms with E-state index in [4.69, 9.17) is 9.26 Å². The van der Waals surface area contributed by atoms with Crippen LogP contribution >= 0.6 is 0 Å². The van der Waals surface area contributed by atoms with E-state index in [-0.39, 0.29) is 17.5 Å². The Balaban J connectivity index is 1.46. The van der Waals surface area contributed by atoms with Crippen molar-refractivity contribution in [2.75, 3.05) is 7.11 Å². The van der Waals surface area contributed by atoms with Crippen LogP contribution in [0.25, 0.3) is 28.3 Å². The second-order valence-corrected chi connectivity index (χ2v) is 8.78. The third kappa shape index (κ3) is 5.11. The molecule has 1 atom stereocenters. The number of nitrogens with zero attached hydrogens (tertiary/aromatic N) is 5. The Morgan fingerprint density at radius 2 is 1.78 bits per heavy atom. The number of benzene rings is 2. The van der Waals surface area contributed by atoms with Crippen molar-refractivity contribution in [3.8, 4) is 34.1 Å². The highest BCUT2D eigenvalue weighted by atomic mass is 16.5. The van der Waals surface area contributed by atoms with E-state index in [1.165, 1.54) is 0 Å². The smallest absolute Gasteiger partial charge is 0.272 e. The molecule has 2 aromatic carbocycles. The lowest BCUT2D eigenvalue weighted by Crippen LogP contribution is -2.32. The minimum atomic E-state index is -0.503. The number of nitrogens with one attached hydrogen (secondary N) is 1. The van der Waals surface area contributed by atoms with Crippen LogP contribution in [0.15, 0.2) is 89.7 Å². The van der Waals surface area contributed by atoms with Crippen LogP contribution in [0.3, 0.4) is 0 Å². The third-order valence-electron chi connectivity index (χ3n) is 5.91. The summed E-state index contributed by atoms with van der Waals surface area (Å²) in [5.41, 5.74) is 3.52. The van der Waals surface area contributed by atoms with E-state index in [2.05, 4.69) is 25.5 Å². The first-order valence-electron chi connectivity index (χ1n) is 11.9. The van der Waals surface area contributed by atoms with Gasteiger partial charge in [0.1, 0.15) is 11.8 Å². The highest BCUT2D eigenvalue weighted by Crippen LogP contribution is 2.28. The average molecular weight is 495 g/mol. The molecule has 3 aromatic heterocycles. The monoisotopic (exact) mass is 494 g/mol. The number of amides is 1. The van der Waals surface area contributed by atoms with E-state index in [0.717, 1.165) is 28.3 Å². The highest BCUT2D eigenvalue weighted by molar-refractivity contribution is 5.94. The zero-order valence-electron chi connectivity index (χ0n) is 20.7. The van der Waals surface area contributed by atoms with Crippen molar-refractivity contribution in [1.82, 2.24) is 30.2 Å². The van der Waals surface area contributed by atoms with Gasteiger partial charge in [-0.25, -0.2) is 4.68 Å². The Hall–Kier alpha value is -4.79. The molecule has 0 spiro atoms. The molecule has 0 aliphatic carbocycles. The summed E-state index contributed by atoms with van der Waals surface area (Å²) in [6.45, 7) is 3.95. The Morgan fingerprint density at radius 3 is 2.46 bits per heavy atom. The highest BCUT2D eigenvalue weighted by Gasteiger charge is 2.27. The first-order valence-corrected chi connectivity index (χ1v) is 11.9. The Morgan fingerprint density at radius 1 is 1.00 bits per heavy atom. The summed E-state index contributed by atoms with van der Waals surface area (Å²) in [6.07, 6.45) is 3.34. The molecule has 1 unspecified atom stereocenters. The zero-order valence-corrected chi connectivity index (χ0v) is 20.7. The predicted octanol–water partition coefficient (Wildman–Crippen LogP) is 5.12. The summed E-state index contributed by atoms with van der Waals surface area (Å²) in [5, 5.41) is 11.8. The lowest BCUT2D eigenvalue weighted by Gasteiger charge is -2.17. The van der Waals surface area contributed by atoms with Crippen molar-refractivity contribution in [2.45, 2.75) is 19.9 Å². The number of carbonyl (C=O) groups is 1. The maximum atomic E-state index is 13.4. The first-order chi connectivity index (χ1) is 18.0. The molecule has 186 valence electrons. The van der Waals surface area contributed by atoms with Crippen LogP contribution in [0.4, 0.5) is 0 Å². The summed E-state index contributed by atoms with van der Waals surface area (Å²) < 4.78 is 12.6. The SMILES string of the molecule is COc1ccc(-c2cc(C(=O)NC(c3nc(-c4cccnc4)no3)C(C)C)nn2-c2ccccc2)cc1. The zero-order chi connectivity index (χ0) is 25.8. The lowest BCUT2D eigenvalue weighted by molar-refractivity contribution is 0.0908. The average Bonchev–Trinajstić information content (AvgIpc) is 3.61. The maximum absolute atomic E-state index is 13.4. The summed E-state index contributed by atoms with van der Waals surface area (Å²) in [4.78, 5) is 22.0. The molecule has 0 bridgehead atoms. The Kier molecular flexibility index (Phi) is 6.76. The number of hydrogen-bond donors (Lipinski definition) is 1. The molecule has 0 saturated heterocycles. The third-order valence-corrected chi connectivity index (χ3v) is 5.91. The van der Waals surface area contributed by atoms with Crippen molar-refractivity contribution in [1.29, 1.82) is 0 Å². The molecule has 1 amide bonds. The normalized spacial score (nSPS) is 11.9. The van der Waals surface area contributed by atoms with E-state index in [9.17, 15) is 4.79 Å². The molecule has 0 radical (unpaired) electrons. The van der Waals surface area contributed by atoms with Gasteiger partial charge in [0, 0.05) is 23.5 Å². The predicted molar refractivity (Wildman–Crippen MR) is 138 cm³/mol. The fourth-order valence-corrected chi connectivity index (χ4v) is 3.93. The van der Waals surface area contributed by atoms with Gasteiger partial charge < -0.3 is 14.6 Å². The van der Waals surface area contributed by atoms with Crippen molar-refractivity contribution in [3.63, 3.8) is 0 Å². The van der Waals surface area contributed by atoms with Crippen LogP contribution in [-0.4, -0.2) is 37.9 Å². The molecule has 5 rings (SSSR count). The Bertz CT molecular complexity index is 1480. The fraction of sp³-hybridized carbons (Fsp3) is 0.179. The molecule has 3 heterocycles. The molecule has 37 heavy (non-hydrogen) atoms. The van der Waals surface area contributed by atoms with Crippen molar-refractivity contribution >= 4 is 5.91 Å². The maximum Gasteiger partial charge on any atom is 0.272 e. The topological polar surface area (TPSA) is 108 Å². The molecule has 9 heteroatoms. The first kappa shape index (κ1) is 23.9. The van der Waals surface area contributed by atoms with Gasteiger partial charge in [0.15, 0.2) is 5.69 Å². The van der Waals surface area contributed by atoms with Gasteiger partial charge in [0.25, 0.3) is 5.91 Å². The van der Waals surface area contributed by atoms with Crippen LogP contribution < -0.4 is 10.1 Å². The number of para-hydroxylation sites is 1. The fourth-order valence-electron chi connectivity index (χ4n) is 3.93. The van der Waals surface area contributed by atoms with Crippen molar-refractivity contribution in [2.24, 2.45) is 5.92 Å². The lowest BCUT2D eigenvalue weighted by atomic mass is 10.0. The van der Waals surface area contributed by atoms with Gasteiger partial charge >= 0.3 is 0 Å².